The highest BCUT2D eigenvalue weighted by Gasteiger charge is 2.59. The van der Waals surface area contributed by atoms with Gasteiger partial charge in [0, 0.05) is 11.3 Å². The van der Waals surface area contributed by atoms with E-state index in [9.17, 15) is 4.79 Å². The van der Waals surface area contributed by atoms with Crippen LogP contribution in [0.2, 0.25) is 0 Å². The Kier molecular flexibility index (Phi) is 2.40. The summed E-state index contributed by atoms with van der Waals surface area (Å²) in [6.07, 6.45) is 13.7. The lowest BCUT2D eigenvalue weighted by Crippen LogP contribution is -2.54. The molecule has 1 heteroatoms. The first-order chi connectivity index (χ1) is 9.05. The van der Waals surface area contributed by atoms with Crippen LogP contribution < -0.4 is 0 Å². The molecule has 2 bridgehead atoms. The van der Waals surface area contributed by atoms with Gasteiger partial charge in [-0.1, -0.05) is 32.4 Å². The highest BCUT2D eigenvalue weighted by atomic mass is 16.1. The minimum atomic E-state index is -0.0216. The van der Waals surface area contributed by atoms with Gasteiger partial charge in [0.25, 0.3) is 0 Å². The summed E-state index contributed by atoms with van der Waals surface area (Å²) in [6, 6.07) is 0. The van der Waals surface area contributed by atoms with Crippen molar-refractivity contribution in [2.75, 3.05) is 0 Å². The van der Waals surface area contributed by atoms with Crippen molar-refractivity contribution < 1.29 is 4.79 Å². The van der Waals surface area contributed by atoms with Crippen molar-refractivity contribution in [3.8, 4) is 0 Å². The van der Waals surface area contributed by atoms with Gasteiger partial charge in [-0.3, -0.25) is 4.79 Å². The molecule has 0 aliphatic heterocycles. The Hall–Kier alpha value is -0.590. The standard InChI is InChI=1S/C18H26O/c1-17-8-4-6-14(17)13-11-12-5-3-9-18(2,16(12)19)15(13)7-10-17/h3,5,12-15H,4,6-11H2,1-2H3/t12-,13-,14-,15-,17-,18-/m1/s1. The van der Waals surface area contributed by atoms with Gasteiger partial charge in [-0.25, -0.2) is 0 Å². The van der Waals surface area contributed by atoms with Crippen LogP contribution in [0.25, 0.3) is 0 Å². The van der Waals surface area contributed by atoms with Crippen LogP contribution in [0.1, 0.15) is 58.8 Å². The zero-order valence-electron chi connectivity index (χ0n) is 12.3. The van der Waals surface area contributed by atoms with Gasteiger partial charge in [0.2, 0.25) is 0 Å². The molecule has 0 amide bonds. The van der Waals surface area contributed by atoms with Crippen LogP contribution in [-0.2, 0) is 4.79 Å². The summed E-state index contributed by atoms with van der Waals surface area (Å²) in [4.78, 5) is 12.7. The topological polar surface area (TPSA) is 17.1 Å². The monoisotopic (exact) mass is 258 g/mol. The Bertz CT molecular complexity index is 451. The molecule has 0 aromatic rings. The molecule has 3 saturated carbocycles. The molecule has 104 valence electrons. The van der Waals surface area contributed by atoms with Gasteiger partial charge in [0.05, 0.1) is 0 Å². The average molecular weight is 258 g/mol. The number of fused-ring (bicyclic) bond motifs is 6. The average Bonchev–Trinajstić information content (AvgIpc) is 2.75. The molecular formula is C18H26O. The molecule has 4 aliphatic carbocycles. The molecule has 0 heterocycles. The molecule has 19 heavy (non-hydrogen) atoms. The number of carbonyl (C=O) groups is 1. The van der Waals surface area contributed by atoms with Crippen molar-refractivity contribution >= 4 is 5.78 Å². The smallest absolute Gasteiger partial charge is 0.146 e. The van der Waals surface area contributed by atoms with Crippen LogP contribution in [0.15, 0.2) is 12.2 Å². The Balaban J connectivity index is 1.75. The van der Waals surface area contributed by atoms with E-state index < -0.39 is 0 Å². The third-order valence-corrected chi connectivity index (χ3v) is 7.37. The largest absolute Gasteiger partial charge is 0.298 e. The van der Waals surface area contributed by atoms with E-state index in [0.29, 0.717) is 17.1 Å². The van der Waals surface area contributed by atoms with E-state index in [1.165, 1.54) is 32.1 Å². The zero-order chi connectivity index (χ0) is 13.3. The van der Waals surface area contributed by atoms with Gasteiger partial charge in [0.1, 0.15) is 5.78 Å². The van der Waals surface area contributed by atoms with Crippen LogP contribution in [0, 0.1) is 34.5 Å². The van der Waals surface area contributed by atoms with Crippen molar-refractivity contribution in [2.45, 2.75) is 58.8 Å². The predicted octanol–water partition coefficient (Wildman–Crippen LogP) is 4.37. The molecule has 4 aliphatic rings. The van der Waals surface area contributed by atoms with Crippen molar-refractivity contribution in [1.29, 1.82) is 0 Å². The molecule has 0 spiro atoms. The van der Waals surface area contributed by atoms with E-state index >= 15 is 0 Å². The molecule has 0 unspecified atom stereocenters. The first-order valence-electron chi connectivity index (χ1n) is 8.26. The maximum absolute atomic E-state index is 12.7. The number of allylic oxidation sites excluding steroid dienone is 2. The third kappa shape index (κ3) is 1.45. The SMILES string of the molecule is C[C@]12CCC[C@@H]1[C@H]1C[C@H]3C=CC[C@@](C)(C3=O)[C@@H]1CC2. The summed E-state index contributed by atoms with van der Waals surface area (Å²) < 4.78 is 0. The quantitative estimate of drug-likeness (QED) is 0.589. The molecular weight excluding hydrogens is 232 g/mol. The van der Waals surface area contributed by atoms with Crippen LogP contribution in [-0.4, -0.2) is 5.78 Å². The van der Waals surface area contributed by atoms with Gasteiger partial charge >= 0.3 is 0 Å². The van der Waals surface area contributed by atoms with Crippen molar-refractivity contribution in [3.05, 3.63) is 12.2 Å². The summed E-state index contributed by atoms with van der Waals surface area (Å²) in [5, 5.41) is 0. The Morgan fingerprint density at radius 2 is 2.00 bits per heavy atom. The molecule has 0 aromatic carbocycles. The van der Waals surface area contributed by atoms with Crippen molar-refractivity contribution in [1.82, 2.24) is 0 Å². The second-order valence-corrected chi connectivity index (χ2v) is 8.22. The summed E-state index contributed by atoms with van der Waals surface area (Å²) in [7, 11) is 0. The normalized spacial score (nSPS) is 55.8. The fraction of sp³-hybridized carbons (Fsp3) is 0.833. The summed E-state index contributed by atoms with van der Waals surface area (Å²) in [6.45, 7) is 4.81. The van der Waals surface area contributed by atoms with Gasteiger partial charge in [-0.2, -0.15) is 0 Å². The fourth-order valence-corrected chi connectivity index (χ4v) is 6.30. The van der Waals surface area contributed by atoms with E-state index in [2.05, 4.69) is 26.0 Å². The van der Waals surface area contributed by atoms with E-state index in [1.807, 2.05) is 0 Å². The van der Waals surface area contributed by atoms with Crippen LogP contribution in [0.5, 0.6) is 0 Å². The predicted molar refractivity (Wildman–Crippen MR) is 76.6 cm³/mol. The van der Waals surface area contributed by atoms with Gasteiger partial charge in [0.15, 0.2) is 0 Å². The van der Waals surface area contributed by atoms with E-state index in [-0.39, 0.29) is 11.3 Å². The van der Waals surface area contributed by atoms with E-state index in [4.69, 9.17) is 0 Å². The van der Waals surface area contributed by atoms with Crippen LogP contribution in [0.3, 0.4) is 0 Å². The lowest BCUT2D eigenvalue weighted by molar-refractivity contribution is -0.149. The lowest BCUT2D eigenvalue weighted by atomic mass is 9.46. The maximum atomic E-state index is 12.7. The van der Waals surface area contributed by atoms with E-state index in [1.54, 1.807) is 0 Å². The molecule has 0 saturated heterocycles. The van der Waals surface area contributed by atoms with Gasteiger partial charge < -0.3 is 0 Å². The van der Waals surface area contributed by atoms with Gasteiger partial charge in [-0.15, -0.1) is 0 Å². The molecule has 0 radical (unpaired) electrons. The molecule has 0 aromatic heterocycles. The number of hydrogen-bond acceptors (Lipinski definition) is 1. The van der Waals surface area contributed by atoms with Crippen molar-refractivity contribution in [3.63, 3.8) is 0 Å². The zero-order valence-corrected chi connectivity index (χ0v) is 12.3. The first-order valence-corrected chi connectivity index (χ1v) is 8.26. The number of Topliss-reactive ketones (excluding diaryl/α,β-unsaturated/α-hetero) is 1. The highest BCUT2D eigenvalue weighted by Crippen LogP contribution is 2.64. The summed E-state index contributed by atoms with van der Waals surface area (Å²) >= 11 is 0. The summed E-state index contributed by atoms with van der Waals surface area (Å²) in [5.74, 6) is 3.24. The molecule has 4 rings (SSSR count). The van der Waals surface area contributed by atoms with Crippen LogP contribution in [0.4, 0.5) is 0 Å². The van der Waals surface area contributed by atoms with Crippen molar-refractivity contribution in [2.24, 2.45) is 34.5 Å². The summed E-state index contributed by atoms with van der Waals surface area (Å²) in [5.41, 5.74) is 0.585. The second-order valence-electron chi connectivity index (χ2n) is 8.22. The first kappa shape index (κ1) is 12.2. The minimum absolute atomic E-state index is 0.0216. The lowest BCUT2D eigenvalue weighted by Gasteiger charge is -2.57. The molecule has 6 atom stereocenters. The third-order valence-electron chi connectivity index (χ3n) is 7.37. The van der Waals surface area contributed by atoms with E-state index in [0.717, 1.165) is 24.7 Å². The molecule has 1 nitrogen and oxygen atoms in total. The Morgan fingerprint density at radius 3 is 2.84 bits per heavy atom. The number of carbonyl (C=O) groups excluding carboxylic acids is 1. The van der Waals surface area contributed by atoms with Crippen LogP contribution >= 0.6 is 0 Å². The number of ketones is 1. The second kappa shape index (κ2) is 3.74. The number of rotatable bonds is 0. The van der Waals surface area contributed by atoms with Gasteiger partial charge in [-0.05, 0) is 61.7 Å². The Morgan fingerprint density at radius 1 is 1.16 bits per heavy atom. The fourth-order valence-electron chi connectivity index (χ4n) is 6.30. The molecule has 0 N–H and O–H groups in total. The minimum Gasteiger partial charge on any atom is -0.298 e. The molecule has 3 fully saturated rings. The number of hydrogen-bond donors (Lipinski definition) is 0. The maximum Gasteiger partial charge on any atom is 0.146 e. The highest BCUT2D eigenvalue weighted by molar-refractivity contribution is 5.90. The Labute approximate surface area is 116 Å².